The predicted octanol–water partition coefficient (Wildman–Crippen LogP) is 2.81. The molecule has 1 aliphatic heterocycles. The fraction of sp³-hybridized carbons (Fsp3) is 0.405. The van der Waals surface area contributed by atoms with Gasteiger partial charge in [0.05, 0.1) is 23.4 Å². The average molecular weight is 723 g/mol. The van der Waals surface area contributed by atoms with E-state index in [9.17, 15) is 32.7 Å². The smallest absolute Gasteiger partial charge is 0.254 e. The van der Waals surface area contributed by atoms with Gasteiger partial charge < -0.3 is 26.0 Å². The van der Waals surface area contributed by atoms with Crippen LogP contribution in [0, 0.1) is 13.8 Å². The van der Waals surface area contributed by atoms with E-state index in [0.717, 1.165) is 16.7 Å². The third kappa shape index (κ3) is 10.4. The van der Waals surface area contributed by atoms with Gasteiger partial charge in [-0.25, -0.2) is 8.42 Å². The van der Waals surface area contributed by atoms with Crippen LogP contribution in [0.5, 0.6) is 0 Å². The SMILES string of the molecule is CC(=O)N[C@H](CS(=O)(=O)Cc1ccc(C)cc1)C(=O)N[C@@H](Cc1ccccc1)[C@H](O)C(=O)N1CSC(C)(C)[C@H]1C(=O)NCc1ccccc1C. The topological polar surface area (TPSA) is 162 Å². The molecule has 4 N–H and O–H groups in total. The summed E-state index contributed by atoms with van der Waals surface area (Å²) in [5, 5.41) is 19.7. The Hall–Kier alpha value is -4.20. The Morgan fingerprint density at radius 1 is 0.920 bits per heavy atom. The Balaban J connectivity index is 1.55. The summed E-state index contributed by atoms with van der Waals surface area (Å²) in [6.07, 6.45) is -1.79. The van der Waals surface area contributed by atoms with Crippen molar-refractivity contribution in [2.75, 3.05) is 11.6 Å². The minimum Gasteiger partial charge on any atom is -0.381 e. The van der Waals surface area contributed by atoms with E-state index < -0.39 is 62.3 Å². The molecule has 0 unspecified atom stereocenters. The molecule has 3 aromatic rings. The lowest BCUT2D eigenvalue weighted by atomic mass is 9.97. The lowest BCUT2D eigenvalue weighted by Crippen LogP contribution is -2.60. The van der Waals surface area contributed by atoms with E-state index in [1.165, 1.54) is 23.6 Å². The number of amides is 4. The van der Waals surface area contributed by atoms with Crippen molar-refractivity contribution in [1.82, 2.24) is 20.9 Å². The maximum Gasteiger partial charge on any atom is 0.254 e. The molecule has 0 spiro atoms. The molecule has 0 aromatic heterocycles. The molecule has 1 fully saturated rings. The number of sulfone groups is 1. The number of nitrogens with zero attached hydrogens (tertiary/aromatic N) is 1. The zero-order valence-corrected chi connectivity index (χ0v) is 30.6. The van der Waals surface area contributed by atoms with Crippen molar-refractivity contribution in [3.05, 3.63) is 107 Å². The molecule has 268 valence electrons. The summed E-state index contributed by atoms with van der Waals surface area (Å²) in [4.78, 5) is 54.9. The molecule has 0 saturated carbocycles. The van der Waals surface area contributed by atoms with Crippen molar-refractivity contribution in [2.45, 2.75) is 82.3 Å². The van der Waals surface area contributed by atoms with Gasteiger partial charge in [-0.05, 0) is 56.4 Å². The normalized spacial score (nSPS) is 17.3. The Morgan fingerprint density at radius 2 is 1.56 bits per heavy atom. The van der Waals surface area contributed by atoms with E-state index in [1.54, 1.807) is 54.6 Å². The van der Waals surface area contributed by atoms with Crippen molar-refractivity contribution in [3.8, 4) is 0 Å². The monoisotopic (exact) mass is 722 g/mol. The summed E-state index contributed by atoms with van der Waals surface area (Å²) in [5.41, 5.74) is 4.13. The minimum atomic E-state index is -3.90. The summed E-state index contributed by atoms with van der Waals surface area (Å²) < 4.78 is 25.7. The van der Waals surface area contributed by atoms with E-state index in [0.29, 0.717) is 11.1 Å². The molecule has 50 heavy (non-hydrogen) atoms. The molecule has 0 bridgehead atoms. The summed E-state index contributed by atoms with van der Waals surface area (Å²) in [7, 11) is -3.90. The van der Waals surface area contributed by atoms with Crippen LogP contribution in [-0.2, 0) is 47.7 Å². The molecule has 4 rings (SSSR count). The van der Waals surface area contributed by atoms with Crippen molar-refractivity contribution in [2.24, 2.45) is 0 Å². The van der Waals surface area contributed by atoms with Gasteiger partial charge in [0, 0.05) is 18.2 Å². The highest BCUT2D eigenvalue weighted by Gasteiger charge is 2.50. The number of nitrogens with one attached hydrogen (secondary N) is 3. The maximum atomic E-state index is 14.1. The van der Waals surface area contributed by atoms with E-state index in [2.05, 4.69) is 16.0 Å². The van der Waals surface area contributed by atoms with Crippen molar-refractivity contribution in [3.63, 3.8) is 0 Å². The Morgan fingerprint density at radius 3 is 2.20 bits per heavy atom. The fourth-order valence-electron chi connectivity index (χ4n) is 5.91. The van der Waals surface area contributed by atoms with Gasteiger partial charge in [0.15, 0.2) is 15.9 Å². The second-order valence-corrected chi connectivity index (χ2v) is 17.0. The molecular weight excluding hydrogens is 677 g/mol. The average Bonchev–Trinajstić information content (AvgIpc) is 3.38. The van der Waals surface area contributed by atoms with Gasteiger partial charge in [-0.3, -0.25) is 19.2 Å². The van der Waals surface area contributed by atoms with Crippen LogP contribution in [0.3, 0.4) is 0 Å². The molecule has 13 heteroatoms. The Kier molecular flexibility index (Phi) is 12.9. The number of carbonyl (C=O) groups excluding carboxylic acids is 4. The molecule has 4 amide bonds. The summed E-state index contributed by atoms with van der Waals surface area (Å²) in [6.45, 7) is 8.97. The third-order valence-electron chi connectivity index (χ3n) is 8.67. The molecular formula is C37H46N4O7S2. The van der Waals surface area contributed by atoms with Crippen LogP contribution in [0.4, 0.5) is 0 Å². The van der Waals surface area contributed by atoms with Gasteiger partial charge in [-0.2, -0.15) is 0 Å². The van der Waals surface area contributed by atoms with Crippen LogP contribution in [0.2, 0.25) is 0 Å². The highest BCUT2D eigenvalue weighted by atomic mass is 32.2. The Bertz CT molecular complexity index is 1780. The van der Waals surface area contributed by atoms with Crippen LogP contribution < -0.4 is 16.0 Å². The van der Waals surface area contributed by atoms with Crippen LogP contribution in [0.1, 0.15) is 48.6 Å². The van der Waals surface area contributed by atoms with Crippen molar-refractivity contribution >= 4 is 45.2 Å². The second kappa shape index (κ2) is 16.7. The molecule has 1 saturated heterocycles. The fourth-order valence-corrected chi connectivity index (χ4v) is 8.62. The number of rotatable bonds is 14. The van der Waals surface area contributed by atoms with E-state index in [1.807, 2.05) is 52.0 Å². The van der Waals surface area contributed by atoms with Crippen molar-refractivity contribution in [1.29, 1.82) is 0 Å². The number of hydrogen-bond donors (Lipinski definition) is 4. The number of carbonyl (C=O) groups is 4. The second-order valence-electron chi connectivity index (χ2n) is 13.3. The lowest BCUT2D eigenvalue weighted by Gasteiger charge is -2.33. The number of benzene rings is 3. The van der Waals surface area contributed by atoms with E-state index >= 15 is 0 Å². The molecule has 1 heterocycles. The number of thioether (sulfide) groups is 1. The Labute approximate surface area is 298 Å². The van der Waals surface area contributed by atoms with Crippen LogP contribution in [0.15, 0.2) is 78.9 Å². The molecule has 1 aliphatic rings. The van der Waals surface area contributed by atoms with Crippen molar-refractivity contribution < 1.29 is 32.7 Å². The van der Waals surface area contributed by atoms with Gasteiger partial charge in [0.2, 0.25) is 17.7 Å². The first-order valence-electron chi connectivity index (χ1n) is 16.4. The molecule has 0 radical (unpaired) electrons. The van der Waals surface area contributed by atoms with Gasteiger partial charge in [-0.1, -0.05) is 84.4 Å². The van der Waals surface area contributed by atoms with Gasteiger partial charge in [0.1, 0.15) is 12.1 Å². The molecule has 3 aromatic carbocycles. The quantitative estimate of drug-likeness (QED) is 0.198. The van der Waals surface area contributed by atoms with Gasteiger partial charge in [-0.15, -0.1) is 11.8 Å². The van der Waals surface area contributed by atoms with Crippen LogP contribution in [0.25, 0.3) is 0 Å². The zero-order valence-electron chi connectivity index (χ0n) is 29.0. The number of aliphatic hydroxyl groups is 1. The number of aryl methyl sites for hydroxylation is 2. The summed E-state index contributed by atoms with van der Waals surface area (Å²) in [5.74, 6) is -3.55. The van der Waals surface area contributed by atoms with Crippen LogP contribution in [-0.4, -0.2) is 82.7 Å². The highest BCUT2D eigenvalue weighted by Crippen LogP contribution is 2.40. The first-order valence-corrected chi connectivity index (χ1v) is 19.2. The molecule has 11 nitrogen and oxygen atoms in total. The maximum absolute atomic E-state index is 14.1. The third-order valence-corrected chi connectivity index (χ3v) is 11.7. The molecule has 0 aliphatic carbocycles. The zero-order chi connectivity index (χ0) is 36.6. The standard InChI is InChI=1S/C37H46N4O7S2/c1-24-15-17-28(18-16-24)21-50(47,48)22-31(39-26(3)42)34(44)40-30(19-27-12-7-6-8-13-27)32(43)36(46)41-23-49-37(4,5)33(41)35(45)38-20-29-14-10-9-11-25(29)2/h6-18,30-33,43H,19-23H2,1-5H3,(H,38,45)(H,39,42)(H,40,44)/t30-,31+,32-,33+/m0/s1. The first kappa shape index (κ1) is 38.6. The lowest BCUT2D eigenvalue weighted by molar-refractivity contribution is -0.148. The first-order chi connectivity index (χ1) is 23.6. The van der Waals surface area contributed by atoms with Crippen LogP contribution >= 0.6 is 11.8 Å². The minimum absolute atomic E-state index is 0.0108. The van der Waals surface area contributed by atoms with Gasteiger partial charge >= 0.3 is 0 Å². The number of aliphatic hydroxyl groups excluding tert-OH is 1. The van der Waals surface area contributed by atoms with Gasteiger partial charge in [0.25, 0.3) is 5.91 Å². The van der Waals surface area contributed by atoms with E-state index in [-0.39, 0.29) is 30.5 Å². The summed E-state index contributed by atoms with van der Waals surface area (Å²) in [6, 6.07) is 19.8. The predicted molar refractivity (Wildman–Crippen MR) is 195 cm³/mol. The van der Waals surface area contributed by atoms with E-state index in [4.69, 9.17) is 0 Å². The largest absolute Gasteiger partial charge is 0.381 e. The number of hydrogen-bond acceptors (Lipinski definition) is 8. The summed E-state index contributed by atoms with van der Waals surface area (Å²) >= 11 is 1.40. The molecule has 4 atom stereocenters. The highest BCUT2D eigenvalue weighted by molar-refractivity contribution is 8.00.